The minimum absolute atomic E-state index is 0.520. The largest absolute Gasteiger partial charge is 0.333 e. The lowest BCUT2D eigenvalue weighted by atomic mass is 10.5. The second-order valence-corrected chi connectivity index (χ2v) is 4.53. The maximum absolute atomic E-state index is 5.77. The smallest absolute Gasteiger partial charge is 0.268 e. The van der Waals surface area contributed by atoms with Crippen LogP contribution in [0.1, 0.15) is 5.82 Å². The summed E-state index contributed by atoms with van der Waals surface area (Å²) in [6, 6.07) is 3.66. The van der Waals surface area contributed by atoms with Gasteiger partial charge in [0.2, 0.25) is 0 Å². The van der Waals surface area contributed by atoms with Gasteiger partial charge in [0, 0.05) is 0 Å². The zero-order valence-corrected chi connectivity index (χ0v) is 9.49. The summed E-state index contributed by atoms with van der Waals surface area (Å²) in [6.07, 6.45) is 0. The average molecular weight is 280 g/mol. The maximum Gasteiger partial charge on any atom is 0.268 e. The lowest BCUT2D eigenvalue weighted by Crippen LogP contribution is -1.78. The summed E-state index contributed by atoms with van der Waals surface area (Å²) in [5.41, 5.74) is 0. The Morgan fingerprint density at radius 3 is 2.92 bits per heavy atom. The second kappa shape index (κ2) is 3.77. The molecule has 0 bridgehead atoms. The van der Waals surface area contributed by atoms with Gasteiger partial charge in [0.05, 0.1) is 14.5 Å². The Labute approximate surface area is 91.8 Å². The summed E-state index contributed by atoms with van der Waals surface area (Å²) in [4.78, 5) is 5.03. The van der Waals surface area contributed by atoms with E-state index in [-0.39, 0.29) is 0 Å². The summed E-state index contributed by atoms with van der Waals surface area (Å²) in [5.74, 6) is 1.16. The summed E-state index contributed by atoms with van der Waals surface area (Å²) in [7, 11) is 0. The van der Waals surface area contributed by atoms with Gasteiger partial charge in [0.15, 0.2) is 5.82 Å². The first-order chi connectivity index (χ1) is 6.29. The highest BCUT2D eigenvalue weighted by Gasteiger charge is 2.09. The van der Waals surface area contributed by atoms with E-state index in [1.54, 1.807) is 6.07 Å². The van der Waals surface area contributed by atoms with Crippen LogP contribution < -0.4 is 0 Å². The molecule has 0 aliphatic rings. The van der Waals surface area contributed by atoms with Crippen LogP contribution in [0.15, 0.2) is 16.7 Å². The first-order valence-corrected chi connectivity index (χ1v) is 5.75. The fourth-order valence-electron chi connectivity index (χ4n) is 0.838. The summed E-state index contributed by atoms with van der Waals surface area (Å²) in [6.45, 7) is 0. The maximum atomic E-state index is 5.77. The molecule has 13 heavy (non-hydrogen) atoms. The Morgan fingerprint density at radius 1 is 1.54 bits per heavy atom. The SMILES string of the molecule is Clc1ccc(-c2nc(CBr)no2)s1. The molecule has 6 heteroatoms. The van der Waals surface area contributed by atoms with Gasteiger partial charge in [-0.05, 0) is 12.1 Å². The molecule has 0 fully saturated rings. The molecule has 0 aliphatic heterocycles. The molecule has 2 heterocycles. The molecule has 0 saturated heterocycles. The van der Waals surface area contributed by atoms with Gasteiger partial charge in [-0.2, -0.15) is 4.98 Å². The van der Waals surface area contributed by atoms with Crippen molar-refractivity contribution in [1.29, 1.82) is 0 Å². The van der Waals surface area contributed by atoms with Crippen LogP contribution in [0, 0.1) is 0 Å². The van der Waals surface area contributed by atoms with Crippen LogP contribution in [-0.2, 0) is 5.33 Å². The number of hydrogen-bond acceptors (Lipinski definition) is 4. The van der Waals surface area contributed by atoms with Gasteiger partial charge in [-0.25, -0.2) is 0 Å². The van der Waals surface area contributed by atoms with Gasteiger partial charge < -0.3 is 4.52 Å². The van der Waals surface area contributed by atoms with Gasteiger partial charge >= 0.3 is 0 Å². The third-order valence-corrected chi connectivity index (χ3v) is 3.09. The minimum Gasteiger partial charge on any atom is -0.333 e. The molecule has 2 aromatic heterocycles. The van der Waals surface area contributed by atoms with Gasteiger partial charge in [0.1, 0.15) is 0 Å². The molecule has 0 aliphatic carbocycles. The minimum atomic E-state index is 0.520. The highest BCUT2D eigenvalue weighted by molar-refractivity contribution is 9.08. The molecule has 0 saturated carbocycles. The Balaban J connectivity index is 2.35. The van der Waals surface area contributed by atoms with E-state index in [1.807, 2.05) is 6.07 Å². The topological polar surface area (TPSA) is 38.9 Å². The molecule has 0 atom stereocenters. The van der Waals surface area contributed by atoms with Crippen molar-refractivity contribution in [3.8, 4) is 10.8 Å². The van der Waals surface area contributed by atoms with E-state index in [4.69, 9.17) is 16.1 Å². The third kappa shape index (κ3) is 1.92. The Morgan fingerprint density at radius 2 is 2.38 bits per heavy atom. The van der Waals surface area contributed by atoms with Crippen molar-refractivity contribution < 1.29 is 4.52 Å². The number of aromatic nitrogens is 2. The monoisotopic (exact) mass is 278 g/mol. The second-order valence-electron chi connectivity index (χ2n) is 2.25. The number of hydrogen-bond donors (Lipinski definition) is 0. The molecule has 0 radical (unpaired) electrons. The zero-order valence-electron chi connectivity index (χ0n) is 6.33. The number of rotatable bonds is 2. The number of nitrogens with zero attached hydrogens (tertiary/aromatic N) is 2. The van der Waals surface area contributed by atoms with E-state index >= 15 is 0 Å². The van der Waals surface area contributed by atoms with E-state index in [0.717, 1.165) is 4.88 Å². The van der Waals surface area contributed by atoms with Gasteiger partial charge in [-0.1, -0.05) is 32.7 Å². The summed E-state index contributed by atoms with van der Waals surface area (Å²) >= 11 is 10.4. The molecule has 3 nitrogen and oxygen atoms in total. The van der Waals surface area contributed by atoms with Gasteiger partial charge in [0.25, 0.3) is 5.89 Å². The third-order valence-electron chi connectivity index (χ3n) is 1.37. The van der Waals surface area contributed by atoms with E-state index in [1.165, 1.54) is 11.3 Å². The lowest BCUT2D eigenvalue weighted by Gasteiger charge is -1.82. The summed E-state index contributed by atoms with van der Waals surface area (Å²) in [5, 5.41) is 4.34. The average Bonchev–Trinajstić information content (AvgIpc) is 2.71. The van der Waals surface area contributed by atoms with E-state index in [0.29, 0.717) is 21.4 Å². The van der Waals surface area contributed by atoms with Crippen molar-refractivity contribution in [2.24, 2.45) is 0 Å². The first kappa shape index (κ1) is 9.18. The van der Waals surface area contributed by atoms with Crippen LogP contribution in [0.4, 0.5) is 0 Å². The van der Waals surface area contributed by atoms with Gasteiger partial charge in [-0.15, -0.1) is 11.3 Å². The lowest BCUT2D eigenvalue weighted by molar-refractivity contribution is 0.426. The number of alkyl halides is 1. The predicted octanol–water partition coefficient (Wildman–Crippen LogP) is 3.35. The molecule has 2 aromatic rings. The van der Waals surface area contributed by atoms with Crippen LogP contribution in [0.25, 0.3) is 10.8 Å². The molecule has 0 spiro atoms. The predicted molar refractivity (Wildman–Crippen MR) is 55.3 cm³/mol. The Bertz CT molecular complexity index is 414. The van der Waals surface area contributed by atoms with Crippen molar-refractivity contribution in [2.45, 2.75) is 5.33 Å². The van der Waals surface area contributed by atoms with Crippen LogP contribution >= 0.6 is 38.9 Å². The first-order valence-electron chi connectivity index (χ1n) is 3.44. The summed E-state index contributed by atoms with van der Waals surface area (Å²) < 4.78 is 5.73. The molecular formula is C7H4BrClN2OS. The fourth-order valence-corrected chi connectivity index (χ4v) is 2.03. The van der Waals surface area contributed by atoms with E-state index in [9.17, 15) is 0 Å². The standard InChI is InChI=1S/C7H4BrClN2OS/c8-3-6-10-7(12-11-6)4-1-2-5(9)13-4/h1-2H,3H2. The van der Waals surface area contributed by atoms with Crippen molar-refractivity contribution >= 4 is 38.9 Å². The molecule has 0 unspecified atom stereocenters. The van der Waals surface area contributed by atoms with E-state index < -0.39 is 0 Å². The van der Waals surface area contributed by atoms with E-state index in [2.05, 4.69) is 26.1 Å². The number of thiophene rings is 1. The number of halogens is 2. The van der Waals surface area contributed by atoms with Crippen LogP contribution in [0.2, 0.25) is 4.34 Å². The quantitative estimate of drug-likeness (QED) is 0.791. The van der Waals surface area contributed by atoms with Crippen molar-refractivity contribution in [1.82, 2.24) is 10.1 Å². The molecule has 68 valence electrons. The molecule has 0 N–H and O–H groups in total. The molecule has 0 aromatic carbocycles. The Kier molecular flexibility index (Phi) is 2.66. The normalized spacial score (nSPS) is 10.6. The van der Waals surface area contributed by atoms with Crippen molar-refractivity contribution in [3.63, 3.8) is 0 Å². The van der Waals surface area contributed by atoms with Crippen LogP contribution in [0.3, 0.4) is 0 Å². The van der Waals surface area contributed by atoms with Crippen LogP contribution in [0.5, 0.6) is 0 Å². The van der Waals surface area contributed by atoms with Gasteiger partial charge in [-0.3, -0.25) is 0 Å². The highest BCUT2D eigenvalue weighted by atomic mass is 79.9. The van der Waals surface area contributed by atoms with Crippen molar-refractivity contribution in [2.75, 3.05) is 0 Å². The van der Waals surface area contributed by atoms with Crippen molar-refractivity contribution in [3.05, 3.63) is 22.3 Å². The van der Waals surface area contributed by atoms with Crippen LogP contribution in [-0.4, -0.2) is 10.1 Å². The fraction of sp³-hybridized carbons (Fsp3) is 0.143. The Hall–Kier alpha value is -0.390. The molecule has 2 rings (SSSR count). The molecular weight excluding hydrogens is 276 g/mol. The molecule has 0 amide bonds. The highest BCUT2D eigenvalue weighted by Crippen LogP contribution is 2.29. The zero-order chi connectivity index (χ0) is 9.26.